The molecule has 38 heavy (non-hydrogen) atoms. The summed E-state index contributed by atoms with van der Waals surface area (Å²) in [6, 6.07) is 6.67. The molecular formula is C25H24F4N6O3. The first-order chi connectivity index (χ1) is 18.1. The number of carbonyl (C=O) groups is 1. The molecule has 1 atom stereocenters. The van der Waals surface area contributed by atoms with Crippen LogP contribution in [-0.4, -0.2) is 64.9 Å². The van der Waals surface area contributed by atoms with E-state index in [4.69, 9.17) is 0 Å². The van der Waals surface area contributed by atoms with Crippen molar-refractivity contribution in [1.29, 1.82) is 0 Å². The first kappa shape index (κ1) is 25.6. The highest BCUT2D eigenvalue weighted by atomic mass is 19.3. The number of benzene rings is 1. The van der Waals surface area contributed by atoms with Gasteiger partial charge in [0.1, 0.15) is 18.2 Å². The molecule has 0 aliphatic carbocycles. The lowest BCUT2D eigenvalue weighted by molar-refractivity contribution is -0.138. The van der Waals surface area contributed by atoms with E-state index in [1.807, 2.05) is 0 Å². The number of piperidine rings is 1. The summed E-state index contributed by atoms with van der Waals surface area (Å²) in [6.07, 6.45) is 0.793. The maximum atomic E-state index is 13.5. The van der Waals surface area contributed by atoms with E-state index in [2.05, 4.69) is 10.1 Å². The molecule has 9 nitrogen and oxygen atoms in total. The van der Waals surface area contributed by atoms with Crippen LogP contribution in [-0.2, 0) is 11.3 Å². The zero-order valence-corrected chi connectivity index (χ0v) is 20.1. The van der Waals surface area contributed by atoms with Crippen molar-refractivity contribution in [2.45, 2.75) is 43.9 Å². The largest absolute Gasteiger partial charge is 0.388 e. The van der Waals surface area contributed by atoms with Gasteiger partial charge in [0.2, 0.25) is 11.9 Å². The van der Waals surface area contributed by atoms with Crippen molar-refractivity contribution in [3.63, 3.8) is 0 Å². The molecule has 1 fully saturated rings. The summed E-state index contributed by atoms with van der Waals surface area (Å²) in [5.41, 5.74) is -0.665. The maximum Gasteiger partial charge on any atom is 0.262 e. The Balaban J connectivity index is 1.25. The third kappa shape index (κ3) is 5.05. The molecule has 13 heteroatoms. The van der Waals surface area contributed by atoms with Crippen LogP contribution >= 0.6 is 0 Å². The zero-order valence-electron chi connectivity index (χ0n) is 20.1. The van der Waals surface area contributed by atoms with Gasteiger partial charge in [-0.25, -0.2) is 18.2 Å². The Labute approximate surface area is 213 Å². The van der Waals surface area contributed by atoms with E-state index >= 15 is 0 Å². The highest BCUT2D eigenvalue weighted by Crippen LogP contribution is 2.27. The van der Waals surface area contributed by atoms with Gasteiger partial charge in [0, 0.05) is 37.2 Å². The van der Waals surface area contributed by atoms with E-state index in [9.17, 15) is 32.3 Å². The van der Waals surface area contributed by atoms with Crippen LogP contribution in [0.4, 0.5) is 17.6 Å². The monoisotopic (exact) mass is 532 g/mol. The summed E-state index contributed by atoms with van der Waals surface area (Å²) in [5.74, 6) is -1.86. The molecule has 1 N–H and O–H groups in total. The summed E-state index contributed by atoms with van der Waals surface area (Å²) in [4.78, 5) is 31.5. The van der Waals surface area contributed by atoms with Gasteiger partial charge in [-0.2, -0.15) is 4.39 Å². The predicted octanol–water partition coefficient (Wildman–Crippen LogP) is 2.91. The Kier molecular flexibility index (Phi) is 6.78. The minimum atomic E-state index is -2.92. The summed E-state index contributed by atoms with van der Waals surface area (Å²) in [5, 5.41) is 14.8. The van der Waals surface area contributed by atoms with Crippen LogP contribution in [0.15, 0.2) is 59.9 Å². The van der Waals surface area contributed by atoms with Crippen molar-refractivity contribution in [2.75, 3.05) is 13.1 Å². The first-order valence-electron chi connectivity index (χ1n) is 11.9. The summed E-state index contributed by atoms with van der Waals surface area (Å²) in [6.45, 7) is 0.138. The Morgan fingerprint density at radius 3 is 2.39 bits per heavy atom. The minimum Gasteiger partial charge on any atom is -0.388 e. The number of aromatic nitrogens is 5. The van der Waals surface area contributed by atoms with Crippen molar-refractivity contribution in [3.8, 4) is 5.69 Å². The highest BCUT2D eigenvalue weighted by molar-refractivity contribution is 5.77. The second-order valence-electron chi connectivity index (χ2n) is 9.41. The number of nitrogens with zero attached hydrogens (tertiary/aromatic N) is 6. The fourth-order valence-electron chi connectivity index (χ4n) is 4.73. The van der Waals surface area contributed by atoms with E-state index < -0.39 is 36.3 Å². The van der Waals surface area contributed by atoms with Crippen molar-refractivity contribution >= 4 is 16.9 Å². The van der Waals surface area contributed by atoms with Gasteiger partial charge in [-0.05, 0) is 43.2 Å². The van der Waals surface area contributed by atoms with Crippen molar-refractivity contribution in [2.24, 2.45) is 0 Å². The smallest absolute Gasteiger partial charge is 0.262 e. The predicted molar refractivity (Wildman–Crippen MR) is 128 cm³/mol. The lowest BCUT2D eigenvalue weighted by atomic mass is 9.91. The van der Waals surface area contributed by atoms with Crippen LogP contribution < -0.4 is 5.56 Å². The molecule has 4 heterocycles. The standard InChI is InChI=1S/C25H24F4N6O3/c26-16-1-3-17(4-2-16)34-9-5-18-23(34)30-15-33(24(18)37)14-25(38)7-11-32(12-8-25)21(36)13-19(22(28)29)35-10-6-20(27)31-35/h1-6,9-10,15,19,22,38H,7-8,11-14H2/t19-/m1/s1. The topological polar surface area (TPSA) is 98.2 Å². The van der Waals surface area contributed by atoms with Gasteiger partial charge in [-0.1, -0.05) is 0 Å². The quantitative estimate of drug-likeness (QED) is 0.369. The van der Waals surface area contributed by atoms with E-state index in [-0.39, 0.29) is 43.9 Å². The highest BCUT2D eigenvalue weighted by Gasteiger charge is 2.36. The van der Waals surface area contributed by atoms with Crippen LogP contribution in [0, 0.1) is 11.8 Å². The molecule has 0 saturated carbocycles. The average molecular weight is 532 g/mol. The van der Waals surface area contributed by atoms with Crippen LogP contribution in [0.2, 0.25) is 0 Å². The van der Waals surface area contributed by atoms with Gasteiger partial charge < -0.3 is 14.6 Å². The molecule has 3 aromatic heterocycles. The fourth-order valence-corrected chi connectivity index (χ4v) is 4.73. The van der Waals surface area contributed by atoms with Gasteiger partial charge >= 0.3 is 0 Å². The first-order valence-corrected chi connectivity index (χ1v) is 11.9. The number of aliphatic hydroxyl groups is 1. The fraction of sp³-hybridized carbons (Fsp3) is 0.360. The number of halogens is 4. The molecule has 1 aliphatic heterocycles. The van der Waals surface area contributed by atoms with Gasteiger partial charge in [0.15, 0.2) is 5.65 Å². The third-order valence-electron chi connectivity index (χ3n) is 6.88. The molecule has 1 aromatic carbocycles. The van der Waals surface area contributed by atoms with Gasteiger partial charge in [-0.3, -0.25) is 18.8 Å². The Morgan fingerprint density at radius 2 is 1.76 bits per heavy atom. The maximum absolute atomic E-state index is 13.5. The Bertz CT molecular complexity index is 1510. The molecular weight excluding hydrogens is 508 g/mol. The van der Waals surface area contributed by atoms with Gasteiger partial charge in [0.05, 0.1) is 24.0 Å². The lowest BCUT2D eigenvalue weighted by Gasteiger charge is -2.38. The van der Waals surface area contributed by atoms with Crippen LogP contribution in [0.3, 0.4) is 0 Å². The Hall–Kier alpha value is -4.00. The van der Waals surface area contributed by atoms with E-state index in [1.165, 1.54) is 27.9 Å². The summed E-state index contributed by atoms with van der Waals surface area (Å²) in [7, 11) is 0. The van der Waals surface area contributed by atoms with E-state index in [1.54, 1.807) is 29.0 Å². The van der Waals surface area contributed by atoms with Crippen LogP contribution in [0.25, 0.3) is 16.7 Å². The zero-order chi connectivity index (χ0) is 27.0. The molecule has 1 amide bonds. The van der Waals surface area contributed by atoms with Gasteiger partial charge in [-0.15, -0.1) is 5.10 Å². The number of fused-ring (bicyclic) bond motifs is 1. The third-order valence-corrected chi connectivity index (χ3v) is 6.88. The molecule has 0 unspecified atom stereocenters. The van der Waals surface area contributed by atoms with Gasteiger partial charge in [0.25, 0.3) is 12.0 Å². The summed E-state index contributed by atoms with van der Waals surface area (Å²) < 4.78 is 57.2. The number of hydrogen-bond acceptors (Lipinski definition) is 5. The molecule has 5 rings (SSSR count). The molecule has 0 radical (unpaired) electrons. The molecule has 0 bridgehead atoms. The second kappa shape index (κ2) is 10.0. The molecule has 1 aliphatic rings. The second-order valence-corrected chi connectivity index (χ2v) is 9.41. The number of alkyl halides is 2. The number of carbonyl (C=O) groups excluding carboxylic acids is 1. The lowest BCUT2D eigenvalue weighted by Crippen LogP contribution is -2.50. The number of rotatable bonds is 7. The Morgan fingerprint density at radius 1 is 1.05 bits per heavy atom. The number of amides is 1. The van der Waals surface area contributed by atoms with E-state index in [0.717, 1.165) is 16.9 Å². The minimum absolute atomic E-state index is 0.0647. The van der Waals surface area contributed by atoms with Crippen molar-refractivity contribution in [1.82, 2.24) is 28.8 Å². The van der Waals surface area contributed by atoms with Crippen LogP contribution in [0.1, 0.15) is 25.3 Å². The van der Waals surface area contributed by atoms with E-state index in [0.29, 0.717) is 16.7 Å². The SMILES string of the molecule is O=C(C[C@H](C(F)F)n1ccc(F)n1)N1CCC(O)(Cn2cnc3c(ccn3-c3ccc(F)cc3)c2=O)CC1. The molecule has 4 aromatic rings. The molecule has 1 saturated heterocycles. The molecule has 200 valence electrons. The van der Waals surface area contributed by atoms with Crippen LogP contribution in [0.5, 0.6) is 0 Å². The number of likely N-dealkylation sites (tertiary alicyclic amines) is 1. The molecule has 0 spiro atoms. The normalized spacial score (nSPS) is 16.3. The van der Waals surface area contributed by atoms with Crippen molar-refractivity contribution in [3.05, 3.63) is 77.2 Å². The average Bonchev–Trinajstić information content (AvgIpc) is 3.51. The summed E-state index contributed by atoms with van der Waals surface area (Å²) >= 11 is 0. The van der Waals surface area contributed by atoms with Crippen molar-refractivity contribution < 1.29 is 27.5 Å². The number of hydrogen-bond donors (Lipinski definition) is 1.